The van der Waals surface area contributed by atoms with Crippen LogP contribution < -0.4 is 9.04 Å². The van der Waals surface area contributed by atoms with Gasteiger partial charge in [0, 0.05) is 12.1 Å². The molecule has 0 aliphatic carbocycles. The summed E-state index contributed by atoms with van der Waals surface area (Å²) in [6, 6.07) is 17.8. The summed E-state index contributed by atoms with van der Waals surface area (Å²) in [5.74, 6) is -0.869. The van der Waals surface area contributed by atoms with Crippen molar-refractivity contribution in [3.8, 4) is 5.75 Å². The highest BCUT2D eigenvalue weighted by molar-refractivity contribution is 7.92. The predicted octanol–water partition coefficient (Wildman–Crippen LogP) is 4.45. The van der Waals surface area contributed by atoms with Crippen molar-refractivity contribution < 1.29 is 22.3 Å². The maximum absolute atomic E-state index is 13.6. The first kappa shape index (κ1) is 20.8. The fourth-order valence-electron chi connectivity index (χ4n) is 2.59. The minimum Gasteiger partial charge on any atom is -0.426 e. The second-order valence-corrected chi connectivity index (χ2v) is 8.57. The number of carbonyl (C=O) groups is 1. The van der Waals surface area contributed by atoms with Crippen LogP contribution in [0.3, 0.4) is 0 Å². The standard InChI is InChI=1S/C21H17ClFNO4S/c1-24(29(26,27)19-12-6-16(22)7-13-19)17-8-10-18(11-9-17)28-21(25)14-15-4-2-3-5-20(15)23/h2-13H,14H2,1H3. The van der Waals surface area contributed by atoms with E-state index in [0.717, 1.165) is 4.31 Å². The van der Waals surface area contributed by atoms with E-state index in [9.17, 15) is 17.6 Å². The molecule has 0 spiro atoms. The van der Waals surface area contributed by atoms with Crippen LogP contribution in [0.2, 0.25) is 5.02 Å². The lowest BCUT2D eigenvalue weighted by Crippen LogP contribution is -2.26. The largest absolute Gasteiger partial charge is 0.426 e. The Labute approximate surface area is 173 Å². The maximum atomic E-state index is 13.6. The van der Waals surface area contributed by atoms with Crippen molar-refractivity contribution in [2.75, 3.05) is 11.4 Å². The zero-order chi connectivity index (χ0) is 21.0. The highest BCUT2D eigenvalue weighted by Crippen LogP contribution is 2.25. The lowest BCUT2D eigenvalue weighted by molar-refractivity contribution is -0.133. The van der Waals surface area contributed by atoms with Crippen LogP contribution >= 0.6 is 11.6 Å². The molecule has 0 atom stereocenters. The molecule has 3 aromatic rings. The normalized spacial score (nSPS) is 11.1. The third kappa shape index (κ3) is 4.93. The molecule has 0 aliphatic heterocycles. The first-order valence-electron chi connectivity index (χ1n) is 8.56. The van der Waals surface area contributed by atoms with Gasteiger partial charge in [0.25, 0.3) is 10.0 Å². The number of carbonyl (C=O) groups excluding carboxylic acids is 1. The second kappa shape index (κ2) is 8.63. The minimum atomic E-state index is -3.76. The van der Waals surface area contributed by atoms with Gasteiger partial charge in [0.15, 0.2) is 0 Å². The molecule has 3 aromatic carbocycles. The predicted molar refractivity (Wildman–Crippen MR) is 109 cm³/mol. The number of anilines is 1. The van der Waals surface area contributed by atoms with Gasteiger partial charge < -0.3 is 4.74 Å². The fraction of sp³-hybridized carbons (Fsp3) is 0.0952. The van der Waals surface area contributed by atoms with E-state index in [2.05, 4.69) is 0 Å². The van der Waals surface area contributed by atoms with E-state index in [0.29, 0.717) is 10.7 Å². The topological polar surface area (TPSA) is 63.7 Å². The summed E-state index contributed by atoms with van der Waals surface area (Å²) in [6.45, 7) is 0. The highest BCUT2D eigenvalue weighted by atomic mass is 35.5. The summed E-state index contributed by atoms with van der Waals surface area (Å²) >= 11 is 5.81. The van der Waals surface area contributed by atoms with Gasteiger partial charge in [0.1, 0.15) is 11.6 Å². The highest BCUT2D eigenvalue weighted by Gasteiger charge is 2.21. The summed E-state index contributed by atoms with van der Waals surface area (Å²) in [5.41, 5.74) is 0.622. The van der Waals surface area contributed by atoms with Crippen LogP contribution in [0.1, 0.15) is 5.56 Å². The van der Waals surface area contributed by atoms with Crippen LogP contribution in [0, 0.1) is 5.82 Å². The Morgan fingerprint density at radius 3 is 2.24 bits per heavy atom. The molecule has 0 saturated heterocycles. The Balaban J connectivity index is 1.70. The first-order chi connectivity index (χ1) is 13.8. The number of sulfonamides is 1. The van der Waals surface area contributed by atoms with Crippen molar-refractivity contribution in [1.82, 2.24) is 0 Å². The SMILES string of the molecule is CN(c1ccc(OC(=O)Cc2ccccc2F)cc1)S(=O)(=O)c1ccc(Cl)cc1. The number of rotatable bonds is 6. The average molecular weight is 434 g/mol. The molecular formula is C21H17ClFNO4S. The van der Waals surface area contributed by atoms with Crippen molar-refractivity contribution in [2.45, 2.75) is 11.3 Å². The first-order valence-corrected chi connectivity index (χ1v) is 10.4. The summed E-state index contributed by atoms with van der Waals surface area (Å²) in [6.07, 6.45) is -0.209. The van der Waals surface area contributed by atoms with E-state index in [1.165, 1.54) is 73.8 Å². The molecule has 0 saturated carbocycles. The van der Waals surface area contributed by atoms with E-state index >= 15 is 0 Å². The molecule has 0 heterocycles. The average Bonchev–Trinajstić information content (AvgIpc) is 2.70. The number of halogens is 2. The van der Waals surface area contributed by atoms with Gasteiger partial charge >= 0.3 is 5.97 Å². The van der Waals surface area contributed by atoms with E-state index in [1.807, 2.05) is 0 Å². The van der Waals surface area contributed by atoms with Gasteiger partial charge in [-0.1, -0.05) is 29.8 Å². The van der Waals surface area contributed by atoms with Crippen LogP contribution in [-0.4, -0.2) is 21.4 Å². The fourth-order valence-corrected chi connectivity index (χ4v) is 3.91. The van der Waals surface area contributed by atoms with Gasteiger partial charge in [0.2, 0.25) is 0 Å². The monoisotopic (exact) mass is 433 g/mol. The van der Waals surface area contributed by atoms with E-state index in [-0.39, 0.29) is 22.6 Å². The van der Waals surface area contributed by atoms with Crippen LogP contribution in [0.15, 0.2) is 77.7 Å². The number of benzene rings is 3. The smallest absolute Gasteiger partial charge is 0.315 e. The molecule has 0 radical (unpaired) electrons. The number of hydrogen-bond donors (Lipinski definition) is 0. The van der Waals surface area contributed by atoms with Crippen molar-refractivity contribution >= 4 is 33.3 Å². The Morgan fingerprint density at radius 2 is 1.62 bits per heavy atom. The van der Waals surface area contributed by atoms with Crippen LogP contribution in [0.5, 0.6) is 5.75 Å². The maximum Gasteiger partial charge on any atom is 0.315 e. The third-order valence-electron chi connectivity index (χ3n) is 4.20. The molecule has 0 bridgehead atoms. The number of hydrogen-bond acceptors (Lipinski definition) is 4. The number of esters is 1. The van der Waals surface area contributed by atoms with Crippen molar-refractivity contribution in [2.24, 2.45) is 0 Å². The van der Waals surface area contributed by atoms with Gasteiger partial charge in [-0.2, -0.15) is 0 Å². The van der Waals surface area contributed by atoms with Gasteiger partial charge in [-0.25, -0.2) is 12.8 Å². The molecular weight excluding hydrogens is 417 g/mol. The molecule has 29 heavy (non-hydrogen) atoms. The number of nitrogens with zero attached hydrogens (tertiary/aromatic N) is 1. The quantitative estimate of drug-likeness (QED) is 0.425. The Bertz CT molecular complexity index is 1120. The third-order valence-corrected chi connectivity index (χ3v) is 6.25. The summed E-state index contributed by atoms with van der Waals surface area (Å²) in [5, 5.41) is 0.438. The van der Waals surface area contributed by atoms with Gasteiger partial charge in [0.05, 0.1) is 17.0 Å². The Kier molecular flexibility index (Phi) is 6.20. The van der Waals surface area contributed by atoms with Gasteiger partial charge in [-0.3, -0.25) is 9.10 Å². The molecule has 8 heteroatoms. The molecule has 0 unspecified atom stereocenters. The van der Waals surface area contributed by atoms with E-state index in [1.54, 1.807) is 6.07 Å². The number of ether oxygens (including phenoxy) is 1. The van der Waals surface area contributed by atoms with Gasteiger partial charge in [-0.15, -0.1) is 0 Å². The van der Waals surface area contributed by atoms with Crippen LogP contribution in [-0.2, 0) is 21.2 Å². The molecule has 0 N–H and O–H groups in total. The zero-order valence-electron chi connectivity index (χ0n) is 15.4. The molecule has 0 amide bonds. The van der Waals surface area contributed by atoms with Gasteiger partial charge in [-0.05, 0) is 60.2 Å². The summed E-state index contributed by atoms with van der Waals surface area (Å²) in [4.78, 5) is 12.1. The minimum absolute atomic E-state index is 0.102. The molecule has 0 fully saturated rings. The zero-order valence-corrected chi connectivity index (χ0v) is 17.0. The van der Waals surface area contributed by atoms with E-state index in [4.69, 9.17) is 16.3 Å². The molecule has 0 aromatic heterocycles. The molecule has 3 rings (SSSR count). The Morgan fingerprint density at radius 1 is 1.00 bits per heavy atom. The lowest BCUT2D eigenvalue weighted by atomic mass is 10.1. The van der Waals surface area contributed by atoms with E-state index < -0.39 is 21.8 Å². The van der Waals surface area contributed by atoms with Crippen molar-refractivity contribution in [3.63, 3.8) is 0 Å². The van der Waals surface area contributed by atoms with Crippen molar-refractivity contribution in [1.29, 1.82) is 0 Å². The summed E-state index contributed by atoms with van der Waals surface area (Å²) < 4.78 is 45.3. The lowest BCUT2D eigenvalue weighted by Gasteiger charge is -2.19. The second-order valence-electron chi connectivity index (χ2n) is 6.16. The van der Waals surface area contributed by atoms with Crippen molar-refractivity contribution in [3.05, 3.63) is 89.2 Å². The molecule has 150 valence electrons. The molecule has 0 aliphatic rings. The molecule has 5 nitrogen and oxygen atoms in total. The van der Waals surface area contributed by atoms with Crippen LogP contribution in [0.25, 0.3) is 0 Å². The van der Waals surface area contributed by atoms with Crippen LogP contribution in [0.4, 0.5) is 10.1 Å². The Hall–Kier alpha value is -2.90. The summed E-state index contributed by atoms with van der Waals surface area (Å²) in [7, 11) is -2.35.